The van der Waals surface area contributed by atoms with Crippen LogP contribution in [-0.4, -0.2) is 23.8 Å². The van der Waals surface area contributed by atoms with Crippen LogP contribution in [0.5, 0.6) is 5.75 Å². The van der Waals surface area contributed by atoms with Crippen LogP contribution >= 0.6 is 0 Å². The average molecular weight is 431 g/mol. The molecule has 0 unspecified atom stereocenters. The number of amides is 2. The zero-order valence-electron chi connectivity index (χ0n) is 17.5. The van der Waals surface area contributed by atoms with E-state index in [1.54, 1.807) is 54.6 Å². The van der Waals surface area contributed by atoms with Gasteiger partial charge in [-0.3, -0.25) is 19.7 Å². The Kier molecular flexibility index (Phi) is 6.97. The van der Waals surface area contributed by atoms with Crippen molar-refractivity contribution in [1.82, 2.24) is 5.32 Å². The van der Waals surface area contributed by atoms with E-state index in [9.17, 15) is 19.7 Å². The van der Waals surface area contributed by atoms with Gasteiger partial charge in [-0.15, -0.1) is 0 Å². The number of anilines is 1. The van der Waals surface area contributed by atoms with E-state index < -0.39 is 16.7 Å². The summed E-state index contributed by atoms with van der Waals surface area (Å²) in [5.74, 6) is -0.434. The summed E-state index contributed by atoms with van der Waals surface area (Å²) in [6.45, 7) is 1.90. The van der Waals surface area contributed by atoms with Gasteiger partial charge in [-0.1, -0.05) is 29.8 Å². The number of methoxy groups -OCH3 is 1. The Morgan fingerprint density at radius 1 is 1.00 bits per heavy atom. The number of carbonyl (C=O) groups is 2. The highest BCUT2D eigenvalue weighted by molar-refractivity contribution is 6.10. The quantitative estimate of drug-likeness (QED) is 0.329. The Morgan fingerprint density at radius 2 is 1.69 bits per heavy atom. The van der Waals surface area contributed by atoms with Crippen LogP contribution < -0.4 is 15.4 Å². The highest BCUT2D eigenvalue weighted by Gasteiger charge is 2.16. The number of nitrogens with one attached hydrogen (secondary N) is 2. The largest absolute Gasteiger partial charge is 0.497 e. The second-order valence-electron chi connectivity index (χ2n) is 6.91. The van der Waals surface area contributed by atoms with Crippen LogP contribution in [-0.2, 0) is 4.79 Å². The molecule has 3 aromatic carbocycles. The lowest BCUT2D eigenvalue weighted by molar-refractivity contribution is -0.384. The molecule has 32 heavy (non-hydrogen) atoms. The lowest BCUT2D eigenvalue weighted by Gasteiger charge is -2.12. The van der Waals surface area contributed by atoms with Crippen LogP contribution in [0, 0.1) is 17.0 Å². The smallest absolute Gasteiger partial charge is 0.272 e. The zero-order valence-corrected chi connectivity index (χ0v) is 17.5. The van der Waals surface area contributed by atoms with Gasteiger partial charge in [0.05, 0.1) is 12.0 Å². The van der Waals surface area contributed by atoms with Gasteiger partial charge in [0.1, 0.15) is 11.4 Å². The number of non-ortho nitro benzene ring substituents is 1. The molecule has 8 nitrogen and oxygen atoms in total. The molecule has 0 radical (unpaired) electrons. The Labute approximate surface area is 184 Å². The lowest BCUT2D eigenvalue weighted by atomic mass is 10.1. The van der Waals surface area contributed by atoms with Crippen molar-refractivity contribution in [3.63, 3.8) is 0 Å². The van der Waals surface area contributed by atoms with Crippen LogP contribution in [0.15, 0.2) is 78.5 Å². The van der Waals surface area contributed by atoms with Crippen LogP contribution in [0.3, 0.4) is 0 Å². The van der Waals surface area contributed by atoms with E-state index in [1.165, 1.54) is 31.4 Å². The standard InChI is InChI=1S/C24H21N3O5/c1-16-6-8-18(9-7-16)23(28)26-22(15-17-4-3-5-20(14-17)27(30)31)24(29)25-19-10-12-21(32-2)13-11-19/h3-15H,1-2H3,(H,25,29)(H,26,28)/b22-15-. The molecule has 0 aliphatic heterocycles. The minimum absolute atomic E-state index is 0.0631. The molecule has 0 aromatic heterocycles. The number of rotatable bonds is 7. The molecule has 2 amide bonds. The van der Waals surface area contributed by atoms with Crippen molar-refractivity contribution in [3.05, 3.63) is 105 Å². The maximum absolute atomic E-state index is 13.0. The molecule has 0 aliphatic rings. The number of hydrogen-bond acceptors (Lipinski definition) is 5. The number of nitrogens with zero attached hydrogens (tertiary/aromatic N) is 1. The second-order valence-corrected chi connectivity index (χ2v) is 6.91. The number of hydrogen-bond donors (Lipinski definition) is 2. The summed E-state index contributed by atoms with van der Waals surface area (Å²) in [6, 6.07) is 19.3. The average Bonchev–Trinajstić information content (AvgIpc) is 2.79. The fourth-order valence-corrected chi connectivity index (χ4v) is 2.83. The highest BCUT2D eigenvalue weighted by atomic mass is 16.6. The molecule has 0 aliphatic carbocycles. The van der Waals surface area contributed by atoms with Gasteiger partial charge in [0.15, 0.2) is 0 Å². The third-order valence-corrected chi connectivity index (χ3v) is 4.55. The van der Waals surface area contributed by atoms with Crippen LogP contribution in [0.1, 0.15) is 21.5 Å². The van der Waals surface area contributed by atoms with Gasteiger partial charge < -0.3 is 15.4 Å². The van der Waals surface area contributed by atoms with Crippen molar-refractivity contribution >= 4 is 29.3 Å². The van der Waals surface area contributed by atoms with Gasteiger partial charge in [-0.05, 0) is 55.0 Å². The maximum Gasteiger partial charge on any atom is 0.272 e. The van der Waals surface area contributed by atoms with Crippen molar-refractivity contribution in [2.45, 2.75) is 6.92 Å². The summed E-state index contributed by atoms with van der Waals surface area (Å²) in [5, 5.41) is 16.4. The first-order valence-electron chi connectivity index (χ1n) is 9.65. The van der Waals surface area contributed by atoms with Crippen molar-refractivity contribution in [1.29, 1.82) is 0 Å². The molecule has 0 saturated carbocycles. The summed E-state index contributed by atoms with van der Waals surface area (Å²) in [7, 11) is 1.54. The van der Waals surface area contributed by atoms with E-state index in [-0.39, 0.29) is 11.4 Å². The van der Waals surface area contributed by atoms with E-state index in [4.69, 9.17) is 4.74 Å². The SMILES string of the molecule is COc1ccc(NC(=O)/C(=C/c2cccc([N+](=O)[O-])c2)NC(=O)c2ccc(C)cc2)cc1. The molecule has 2 N–H and O–H groups in total. The van der Waals surface area contributed by atoms with Crippen molar-refractivity contribution in [3.8, 4) is 5.75 Å². The fourth-order valence-electron chi connectivity index (χ4n) is 2.83. The normalized spacial score (nSPS) is 10.9. The molecule has 3 rings (SSSR count). The molecule has 0 atom stereocenters. The Hall–Kier alpha value is -4.46. The van der Waals surface area contributed by atoms with E-state index in [2.05, 4.69) is 10.6 Å². The first kappa shape index (κ1) is 22.2. The topological polar surface area (TPSA) is 111 Å². The van der Waals surface area contributed by atoms with E-state index >= 15 is 0 Å². The van der Waals surface area contributed by atoms with E-state index in [0.29, 0.717) is 22.6 Å². The Bertz CT molecular complexity index is 1170. The Balaban J connectivity index is 1.91. The molecule has 162 valence electrons. The number of ether oxygens (including phenoxy) is 1. The number of carbonyl (C=O) groups excluding carboxylic acids is 2. The molecule has 0 spiro atoms. The first-order valence-corrected chi connectivity index (χ1v) is 9.65. The summed E-state index contributed by atoms with van der Waals surface area (Å²) in [5.41, 5.74) is 2.06. The maximum atomic E-state index is 13.0. The van der Waals surface area contributed by atoms with Gasteiger partial charge in [0, 0.05) is 23.4 Å². The minimum atomic E-state index is -0.581. The van der Waals surface area contributed by atoms with Gasteiger partial charge in [0.2, 0.25) is 0 Å². The van der Waals surface area contributed by atoms with Gasteiger partial charge in [-0.2, -0.15) is 0 Å². The monoisotopic (exact) mass is 431 g/mol. The molecular formula is C24H21N3O5. The van der Waals surface area contributed by atoms with Crippen molar-refractivity contribution < 1.29 is 19.2 Å². The number of nitro groups is 1. The summed E-state index contributed by atoms with van der Waals surface area (Å²) < 4.78 is 5.10. The number of aryl methyl sites for hydroxylation is 1. The molecular weight excluding hydrogens is 410 g/mol. The summed E-state index contributed by atoms with van der Waals surface area (Å²) >= 11 is 0. The van der Waals surface area contributed by atoms with Gasteiger partial charge in [-0.25, -0.2) is 0 Å². The van der Waals surface area contributed by atoms with Crippen LogP contribution in [0.2, 0.25) is 0 Å². The van der Waals surface area contributed by atoms with Gasteiger partial charge in [0.25, 0.3) is 17.5 Å². The number of nitro benzene ring substituents is 1. The molecule has 3 aromatic rings. The van der Waals surface area contributed by atoms with E-state index in [0.717, 1.165) is 5.56 Å². The highest BCUT2D eigenvalue weighted by Crippen LogP contribution is 2.18. The molecule has 0 saturated heterocycles. The van der Waals surface area contributed by atoms with Gasteiger partial charge >= 0.3 is 0 Å². The first-order chi connectivity index (χ1) is 15.4. The Morgan fingerprint density at radius 3 is 2.31 bits per heavy atom. The van der Waals surface area contributed by atoms with Crippen LogP contribution in [0.4, 0.5) is 11.4 Å². The third kappa shape index (κ3) is 5.79. The van der Waals surface area contributed by atoms with Crippen molar-refractivity contribution in [2.24, 2.45) is 0 Å². The molecule has 0 bridgehead atoms. The third-order valence-electron chi connectivity index (χ3n) is 4.55. The molecule has 8 heteroatoms. The van der Waals surface area contributed by atoms with E-state index in [1.807, 2.05) is 6.92 Å². The predicted octanol–water partition coefficient (Wildman–Crippen LogP) is 4.32. The van der Waals surface area contributed by atoms with Crippen LogP contribution in [0.25, 0.3) is 6.08 Å². The summed E-state index contributed by atoms with van der Waals surface area (Å²) in [6.07, 6.45) is 1.39. The minimum Gasteiger partial charge on any atom is -0.497 e. The lowest BCUT2D eigenvalue weighted by Crippen LogP contribution is -2.30. The zero-order chi connectivity index (χ0) is 23.1. The predicted molar refractivity (Wildman–Crippen MR) is 121 cm³/mol. The fraction of sp³-hybridized carbons (Fsp3) is 0.0833. The number of benzene rings is 3. The van der Waals surface area contributed by atoms with Crippen molar-refractivity contribution in [2.75, 3.05) is 12.4 Å². The molecule has 0 heterocycles. The summed E-state index contributed by atoms with van der Waals surface area (Å²) in [4.78, 5) is 36.2. The molecule has 0 fully saturated rings. The second kappa shape index (κ2) is 10.0.